The second-order valence-corrected chi connectivity index (χ2v) is 5.22. The molecule has 1 aromatic carbocycles. The Balaban J connectivity index is 1.80. The van der Waals surface area contributed by atoms with E-state index in [1.807, 2.05) is 46.7 Å². The third-order valence-electron chi connectivity index (χ3n) is 2.57. The van der Waals surface area contributed by atoms with Gasteiger partial charge >= 0.3 is 0 Å². The normalized spacial score (nSPS) is 10.7. The molecule has 0 aliphatic rings. The van der Waals surface area contributed by atoms with Crippen LogP contribution in [0.3, 0.4) is 0 Å². The van der Waals surface area contributed by atoms with Gasteiger partial charge in [-0.3, -0.25) is 4.68 Å². The van der Waals surface area contributed by atoms with E-state index in [-0.39, 0.29) is 0 Å². The minimum atomic E-state index is 0.739. The fourth-order valence-electron chi connectivity index (χ4n) is 1.70. The number of hydrogen-bond donors (Lipinski definition) is 0. The van der Waals surface area contributed by atoms with Crippen LogP contribution in [0, 0.1) is 0 Å². The van der Waals surface area contributed by atoms with E-state index in [2.05, 4.69) is 10.1 Å². The molecule has 2 heterocycles. The number of halogens is 1. The summed E-state index contributed by atoms with van der Waals surface area (Å²) < 4.78 is 1.90. The molecule has 0 aliphatic carbocycles. The summed E-state index contributed by atoms with van der Waals surface area (Å²) in [5.74, 6) is 0. The van der Waals surface area contributed by atoms with Crippen LogP contribution in [0.4, 0.5) is 0 Å². The monoisotopic (exact) mass is 275 g/mol. The Morgan fingerprint density at radius 3 is 2.78 bits per heavy atom. The Labute approximate surface area is 114 Å². The summed E-state index contributed by atoms with van der Waals surface area (Å²) in [6.45, 7) is 0.739. The van der Waals surface area contributed by atoms with Crippen molar-refractivity contribution in [3.05, 3.63) is 58.8 Å². The third kappa shape index (κ3) is 2.44. The van der Waals surface area contributed by atoms with E-state index in [0.29, 0.717) is 0 Å². The van der Waals surface area contributed by atoms with Gasteiger partial charge in [0.2, 0.25) is 0 Å². The molecular formula is C13H10ClN3S. The molecule has 0 aliphatic heterocycles. The fraction of sp³-hybridized carbons (Fsp3) is 0.0769. The van der Waals surface area contributed by atoms with Crippen molar-refractivity contribution in [2.75, 3.05) is 0 Å². The van der Waals surface area contributed by atoms with Gasteiger partial charge in [0.15, 0.2) is 0 Å². The lowest BCUT2D eigenvalue weighted by atomic mass is 10.2. The number of aromatic nitrogens is 3. The average molecular weight is 276 g/mol. The molecule has 0 fully saturated rings. The number of nitrogens with zero attached hydrogens (tertiary/aromatic N) is 3. The van der Waals surface area contributed by atoms with E-state index < -0.39 is 0 Å². The van der Waals surface area contributed by atoms with Crippen LogP contribution in [0.2, 0.25) is 5.02 Å². The average Bonchev–Trinajstić information content (AvgIpc) is 3.02. The minimum Gasteiger partial charge on any atom is -0.268 e. The van der Waals surface area contributed by atoms with E-state index >= 15 is 0 Å². The molecule has 3 aromatic rings. The molecule has 0 unspecified atom stereocenters. The van der Waals surface area contributed by atoms with Crippen molar-refractivity contribution in [2.24, 2.45) is 0 Å². The second kappa shape index (κ2) is 4.92. The molecule has 0 spiro atoms. The van der Waals surface area contributed by atoms with Crippen LogP contribution < -0.4 is 0 Å². The highest BCUT2D eigenvalue weighted by molar-refractivity contribution is 7.13. The molecule has 90 valence electrons. The van der Waals surface area contributed by atoms with E-state index in [1.54, 1.807) is 17.5 Å². The Bertz CT molecular complexity index is 629. The lowest BCUT2D eigenvalue weighted by Crippen LogP contribution is -1.99. The maximum atomic E-state index is 5.86. The van der Waals surface area contributed by atoms with E-state index in [9.17, 15) is 0 Å². The molecule has 0 saturated heterocycles. The zero-order chi connectivity index (χ0) is 12.4. The van der Waals surface area contributed by atoms with Gasteiger partial charge in [0.1, 0.15) is 5.01 Å². The minimum absolute atomic E-state index is 0.739. The van der Waals surface area contributed by atoms with Crippen molar-refractivity contribution in [1.29, 1.82) is 0 Å². The first kappa shape index (κ1) is 11.4. The van der Waals surface area contributed by atoms with E-state index in [4.69, 9.17) is 11.6 Å². The largest absolute Gasteiger partial charge is 0.268 e. The SMILES string of the molecule is Clc1ccc(Cn2cc(-c3nccs3)cn2)cc1. The number of hydrogen-bond acceptors (Lipinski definition) is 3. The topological polar surface area (TPSA) is 30.7 Å². The first-order chi connectivity index (χ1) is 8.81. The molecule has 3 nitrogen and oxygen atoms in total. The van der Waals surface area contributed by atoms with Crippen molar-refractivity contribution in [3.8, 4) is 10.6 Å². The summed E-state index contributed by atoms with van der Waals surface area (Å²) in [5, 5.41) is 8.05. The first-order valence-corrected chi connectivity index (χ1v) is 6.74. The van der Waals surface area contributed by atoms with Gasteiger partial charge in [-0.2, -0.15) is 5.10 Å². The van der Waals surface area contributed by atoms with Gasteiger partial charge in [0, 0.05) is 28.4 Å². The Morgan fingerprint density at radius 2 is 2.06 bits per heavy atom. The molecule has 18 heavy (non-hydrogen) atoms. The maximum Gasteiger partial charge on any atom is 0.126 e. The zero-order valence-corrected chi connectivity index (χ0v) is 11.0. The van der Waals surface area contributed by atoms with Crippen molar-refractivity contribution < 1.29 is 0 Å². The number of rotatable bonds is 3. The summed E-state index contributed by atoms with van der Waals surface area (Å²) in [4.78, 5) is 4.27. The standard InChI is InChI=1S/C13H10ClN3S/c14-12-3-1-10(2-4-12)8-17-9-11(7-16-17)13-15-5-6-18-13/h1-7,9H,8H2. The smallest absolute Gasteiger partial charge is 0.126 e. The van der Waals surface area contributed by atoms with Crippen molar-refractivity contribution in [2.45, 2.75) is 6.54 Å². The molecule has 0 radical (unpaired) electrons. The Hall–Kier alpha value is -1.65. The Kier molecular flexibility index (Phi) is 3.13. The van der Waals surface area contributed by atoms with Crippen molar-refractivity contribution in [3.63, 3.8) is 0 Å². The summed E-state index contributed by atoms with van der Waals surface area (Å²) in [5.41, 5.74) is 2.23. The highest BCUT2D eigenvalue weighted by Crippen LogP contribution is 2.21. The van der Waals surface area contributed by atoms with Gasteiger partial charge in [-0.15, -0.1) is 11.3 Å². The molecule has 2 aromatic heterocycles. The molecule has 0 saturated carbocycles. The molecule has 5 heteroatoms. The van der Waals surface area contributed by atoms with Gasteiger partial charge in [-0.25, -0.2) is 4.98 Å². The maximum absolute atomic E-state index is 5.86. The van der Waals surface area contributed by atoms with Crippen LogP contribution in [-0.2, 0) is 6.54 Å². The van der Waals surface area contributed by atoms with Gasteiger partial charge in [-0.1, -0.05) is 23.7 Å². The fourth-order valence-corrected chi connectivity index (χ4v) is 2.44. The van der Waals surface area contributed by atoms with Crippen LogP contribution in [0.1, 0.15) is 5.56 Å². The summed E-state index contributed by atoms with van der Waals surface area (Å²) in [6, 6.07) is 7.80. The summed E-state index contributed by atoms with van der Waals surface area (Å²) in [7, 11) is 0. The predicted molar refractivity (Wildman–Crippen MR) is 73.9 cm³/mol. The van der Waals surface area contributed by atoms with Crippen LogP contribution in [0.15, 0.2) is 48.2 Å². The number of thiazole rings is 1. The predicted octanol–water partition coefficient (Wildman–Crippen LogP) is 3.71. The summed E-state index contributed by atoms with van der Waals surface area (Å²) in [6.07, 6.45) is 5.65. The number of benzene rings is 1. The lowest BCUT2D eigenvalue weighted by Gasteiger charge is -2.01. The lowest BCUT2D eigenvalue weighted by molar-refractivity contribution is 0.687. The quantitative estimate of drug-likeness (QED) is 0.730. The molecular weight excluding hydrogens is 266 g/mol. The molecule has 0 N–H and O–H groups in total. The zero-order valence-electron chi connectivity index (χ0n) is 9.45. The highest BCUT2D eigenvalue weighted by Gasteiger charge is 2.04. The Morgan fingerprint density at radius 1 is 1.22 bits per heavy atom. The van der Waals surface area contributed by atoms with Crippen LogP contribution in [-0.4, -0.2) is 14.8 Å². The summed E-state index contributed by atoms with van der Waals surface area (Å²) >= 11 is 7.47. The van der Waals surface area contributed by atoms with Crippen LogP contribution in [0.25, 0.3) is 10.6 Å². The van der Waals surface area contributed by atoms with E-state index in [1.165, 1.54) is 5.56 Å². The molecule has 0 atom stereocenters. The third-order valence-corrected chi connectivity index (χ3v) is 3.64. The van der Waals surface area contributed by atoms with Gasteiger partial charge in [0.25, 0.3) is 0 Å². The van der Waals surface area contributed by atoms with Crippen molar-refractivity contribution >= 4 is 22.9 Å². The van der Waals surface area contributed by atoms with Gasteiger partial charge < -0.3 is 0 Å². The molecule has 0 amide bonds. The second-order valence-electron chi connectivity index (χ2n) is 3.89. The van der Waals surface area contributed by atoms with Crippen LogP contribution in [0.5, 0.6) is 0 Å². The van der Waals surface area contributed by atoms with Gasteiger partial charge in [-0.05, 0) is 17.7 Å². The van der Waals surface area contributed by atoms with Crippen molar-refractivity contribution in [1.82, 2.24) is 14.8 Å². The first-order valence-electron chi connectivity index (χ1n) is 5.48. The highest BCUT2D eigenvalue weighted by atomic mass is 35.5. The molecule has 0 bridgehead atoms. The van der Waals surface area contributed by atoms with Crippen LogP contribution >= 0.6 is 22.9 Å². The van der Waals surface area contributed by atoms with Gasteiger partial charge in [0.05, 0.1) is 12.7 Å². The molecule has 3 rings (SSSR count). The van der Waals surface area contributed by atoms with E-state index in [0.717, 1.165) is 22.1 Å².